The summed E-state index contributed by atoms with van der Waals surface area (Å²) >= 11 is 0. The van der Waals surface area contributed by atoms with Crippen LogP contribution in [-0.4, -0.2) is 35.5 Å². The second kappa shape index (κ2) is 8.66. The molecule has 0 aromatic heterocycles. The van der Waals surface area contributed by atoms with E-state index < -0.39 is 0 Å². The molecular formula is C25H46N2O. The van der Waals surface area contributed by atoms with Gasteiger partial charge in [-0.05, 0) is 101 Å². The molecule has 162 valence electrons. The number of hydrogen-bond acceptors (Lipinski definition) is 2. The Balaban J connectivity index is 1.59. The molecule has 4 fully saturated rings. The topological polar surface area (TPSA) is 32.3 Å². The molecule has 3 nitrogen and oxygen atoms in total. The smallest absolute Gasteiger partial charge is 0.234 e. The summed E-state index contributed by atoms with van der Waals surface area (Å²) < 4.78 is 0. The first kappa shape index (κ1) is 22.1. The van der Waals surface area contributed by atoms with Gasteiger partial charge in [0.1, 0.15) is 0 Å². The molecule has 0 heterocycles. The zero-order valence-electron chi connectivity index (χ0n) is 19.5. The summed E-state index contributed by atoms with van der Waals surface area (Å²) in [5.74, 6) is 3.72. The van der Waals surface area contributed by atoms with E-state index in [1.165, 1.54) is 44.9 Å². The molecule has 0 unspecified atom stereocenters. The fourth-order valence-electron chi connectivity index (χ4n) is 7.48. The molecule has 1 N–H and O–H groups in total. The predicted molar refractivity (Wildman–Crippen MR) is 118 cm³/mol. The lowest BCUT2D eigenvalue weighted by Crippen LogP contribution is -2.58. The lowest BCUT2D eigenvalue weighted by molar-refractivity contribution is -0.128. The highest BCUT2D eigenvalue weighted by Crippen LogP contribution is 2.53. The lowest BCUT2D eigenvalue weighted by atomic mass is 9.54. The zero-order chi connectivity index (χ0) is 20.5. The first-order chi connectivity index (χ1) is 13.1. The number of carbonyl (C=O) groups is 1. The Bertz CT molecular complexity index is 511. The molecule has 0 saturated heterocycles. The van der Waals surface area contributed by atoms with E-state index in [1.807, 2.05) is 0 Å². The number of nitrogens with zero attached hydrogens (tertiary/aromatic N) is 1. The summed E-state index contributed by atoms with van der Waals surface area (Å²) in [6, 6.07) is 0.462. The van der Waals surface area contributed by atoms with Gasteiger partial charge in [-0.25, -0.2) is 0 Å². The van der Waals surface area contributed by atoms with Crippen LogP contribution in [0.3, 0.4) is 0 Å². The Hall–Kier alpha value is -0.570. The van der Waals surface area contributed by atoms with Gasteiger partial charge in [0, 0.05) is 11.6 Å². The average molecular weight is 391 g/mol. The van der Waals surface area contributed by atoms with E-state index in [-0.39, 0.29) is 11.4 Å². The fourth-order valence-corrected chi connectivity index (χ4v) is 7.48. The first-order valence-corrected chi connectivity index (χ1v) is 12.2. The highest BCUT2D eigenvalue weighted by atomic mass is 16.2. The summed E-state index contributed by atoms with van der Waals surface area (Å²) in [5.41, 5.74) is 0.373. The molecule has 0 aliphatic heterocycles. The lowest BCUT2D eigenvalue weighted by Gasteiger charge is -2.54. The van der Waals surface area contributed by atoms with Crippen molar-refractivity contribution < 1.29 is 4.79 Å². The number of amides is 1. The van der Waals surface area contributed by atoms with Gasteiger partial charge in [-0.2, -0.15) is 0 Å². The van der Waals surface area contributed by atoms with Crippen LogP contribution in [0.25, 0.3) is 0 Å². The van der Waals surface area contributed by atoms with Crippen LogP contribution in [0.15, 0.2) is 0 Å². The highest BCUT2D eigenvalue weighted by Gasteiger charge is 2.48. The third kappa shape index (κ3) is 5.12. The van der Waals surface area contributed by atoms with Crippen LogP contribution in [0.5, 0.6) is 0 Å². The minimum absolute atomic E-state index is 0.0517. The normalized spacial score (nSPS) is 32.2. The van der Waals surface area contributed by atoms with Crippen molar-refractivity contribution >= 4 is 5.91 Å². The molecule has 0 aromatic carbocycles. The fraction of sp³-hybridized carbons (Fsp3) is 0.960. The van der Waals surface area contributed by atoms with Gasteiger partial charge in [0.25, 0.3) is 0 Å². The molecular weight excluding hydrogens is 344 g/mol. The Morgan fingerprint density at radius 3 is 2.00 bits per heavy atom. The zero-order valence-corrected chi connectivity index (χ0v) is 19.5. The summed E-state index contributed by atoms with van der Waals surface area (Å²) in [4.78, 5) is 15.6. The van der Waals surface area contributed by atoms with E-state index in [0.29, 0.717) is 18.0 Å². The first-order valence-electron chi connectivity index (χ1n) is 12.2. The standard InChI is InChI=1S/C25H46N2O/c1-7-9-24(3,4)17-25(5,6)27(10-8-2)16-22(28)26-23-20-12-18-11-19(14-20)15-21(23)13-18/h18-21,23H,7-17H2,1-6H3,(H,26,28). The van der Waals surface area contributed by atoms with Gasteiger partial charge in [-0.1, -0.05) is 34.1 Å². The van der Waals surface area contributed by atoms with E-state index in [4.69, 9.17) is 0 Å². The second-order valence-electron chi connectivity index (χ2n) is 11.8. The van der Waals surface area contributed by atoms with Gasteiger partial charge in [0.15, 0.2) is 0 Å². The van der Waals surface area contributed by atoms with Crippen molar-refractivity contribution in [1.29, 1.82) is 0 Å². The van der Waals surface area contributed by atoms with Crippen molar-refractivity contribution in [3.63, 3.8) is 0 Å². The monoisotopic (exact) mass is 390 g/mol. The third-order valence-electron chi connectivity index (χ3n) is 8.08. The van der Waals surface area contributed by atoms with Gasteiger partial charge in [-0.15, -0.1) is 0 Å². The van der Waals surface area contributed by atoms with E-state index in [2.05, 4.69) is 51.8 Å². The largest absolute Gasteiger partial charge is 0.352 e. The van der Waals surface area contributed by atoms with Gasteiger partial charge < -0.3 is 5.32 Å². The van der Waals surface area contributed by atoms with Crippen molar-refractivity contribution in [3.8, 4) is 0 Å². The molecule has 4 saturated carbocycles. The van der Waals surface area contributed by atoms with Gasteiger partial charge in [0.2, 0.25) is 5.91 Å². The van der Waals surface area contributed by atoms with Crippen molar-refractivity contribution in [2.75, 3.05) is 13.1 Å². The predicted octanol–water partition coefficient (Wildman–Crippen LogP) is 5.63. The summed E-state index contributed by atoms with van der Waals surface area (Å²) in [5, 5.41) is 3.53. The van der Waals surface area contributed by atoms with Crippen LogP contribution in [0.4, 0.5) is 0 Å². The van der Waals surface area contributed by atoms with Crippen LogP contribution in [0.1, 0.15) is 99.3 Å². The summed E-state index contributed by atoms with van der Waals surface area (Å²) in [7, 11) is 0. The number of carbonyl (C=O) groups excluding carboxylic acids is 1. The van der Waals surface area contributed by atoms with Crippen LogP contribution in [0.2, 0.25) is 0 Å². The van der Waals surface area contributed by atoms with Crippen molar-refractivity contribution in [1.82, 2.24) is 10.2 Å². The Labute approximate surface area is 174 Å². The SMILES string of the molecule is CCCN(CC(=O)NC1C2CC3CC(C2)CC1C3)C(C)(C)CC(C)(C)CCC. The van der Waals surface area contributed by atoms with Gasteiger partial charge in [0.05, 0.1) is 6.54 Å². The van der Waals surface area contributed by atoms with E-state index >= 15 is 0 Å². The van der Waals surface area contributed by atoms with Crippen LogP contribution < -0.4 is 5.32 Å². The Kier molecular flexibility index (Phi) is 6.84. The number of hydrogen-bond donors (Lipinski definition) is 1. The highest BCUT2D eigenvalue weighted by molar-refractivity contribution is 5.78. The van der Waals surface area contributed by atoms with Crippen LogP contribution >= 0.6 is 0 Å². The van der Waals surface area contributed by atoms with Crippen LogP contribution in [0, 0.1) is 29.1 Å². The molecule has 4 rings (SSSR count). The Morgan fingerprint density at radius 2 is 1.50 bits per heavy atom. The number of rotatable bonds is 10. The molecule has 1 amide bonds. The second-order valence-corrected chi connectivity index (χ2v) is 11.8. The third-order valence-corrected chi connectivity index (χ3v) is 8.08. The maximum Gasteiger partial charge on any atom is 0.234 e. The molecule has 4 aliphatic rings. The van der Waals surface area contributed by atoms with Crippen molar-refractivity contribution in [2.45, 2.75) is 111 Å². The van der Waals surface area contributed by atoms with Crippen molar-refractivity contribution in [2.24, 2.45) is 29.1 Å². The molecule has 28 heavy (non-hydrogen) atoms. The molecule has 3 heteroatoms. The van der Waals surface area contributed by atoms with Crippen molar-refractivity contribution in [3.05, 3.63) is 0 Å². The summed E-state index contributed by atoms with van der Waals surface area (Å²) in [6.07, 6.45) is 11.7. The molecule has 0 spiro atoms. The maximum atomic E-state index is 13.1. The number of nitrogens with one attached hydrogen (secondary N) is 1. The molecule has 0 atom stereocenters. The summed E-state index contributed by atoms with van der Waals surface area (Å²) in [6.45, 7) is 15.5. The molecule has 0 radical (unpaired) electrons. The van der Waals surface area contributed by atoms with Gasteiger partial charge >= 0.3 is 0 Å². The van der Waals surface area contributed by atoms with E-state index in [9.17, 15) is 4.79 Å². The van der Waals surface area contributed by atoms with Gasteiger partial charge in [-0.3, -0.25) is 9.69 Å². The Morgan fingerprint density at radius 1 is 0.929 bits per heavy atom. The molecule has 4 aliphatic carbocycles. The molecule has 4 bridgehead atoms. The maximum absolute atomic E-state index is 13.1. The minimum Gasteiger partial charge on any atom is -0.352 e. The van der Waals surface area contributed by atoms with E-state index in [1.54, 1.807) is 0 Å². The average Bonchev–Trinajstić information content (AvgIpc) is 2.56. The molecule has 0 aromatic rings. The van der Waals surface area contributed by atoms with E-state index in [0.717, 1.165) is 43.1 Å². The minimum atomic E-state index is 0.0517. The van der Waals surface area contributed by atoms with Crippen LogP contribution in [-0.2, 0) is 4.79 Å². The quantitative estimate of drug-likeness (QED) is 0.524.